The summed E-state index contributed by atoms with van der Waals surface area (Å²) in [7, 11) is 2.72. The van der Waals surface area contributed by atoms with Gasteiger partial charge in [-0.3, -0.25) is 4.79 Å². The Morgan fingerprint density at radius 2 is 1.83 bits per heavy atom. The number of carbonyl (C=O) groups excluding carboxylic acids is 1. The Bertz CT molecular complexity index is 992. The second kappa shape index (κ2) is 9.73. The number of amides is 1. The van der Waals surface area contributed by atoms with E-state index in [0.717, 1.165) is 15.6 Å². The number of rotatable bonds is 8. The standard InChI is InChI=1S/C19H23ClN4O4S/c1-23(2)15-7-5-14(6-8-15)12-21-22-19(25)13-24(3)29(26,27)16-9-10-18(28-4)17(20)11-16/h5-12H,13H2,1-4H3,(H,22,25)/b21-12+. The van der Waals surface area contributed by atoms with Crippen LogP contribution in [0.3, 0.4) is 0 Å². The Kier molecular flexibility index (Phi) is 7.60. The molecule has 0 aliphatic carbocycles. The maximum Gasteiger partial charge on any atom is 0.255 e. The lowest BCUT2D eigenvalue weighted by atomic mass is 10.2. The molecule has 0 aliphatic heterocycles. The molecule has 1 N–H and O–H groups in total. The zero-order valence-corrected chi connectivity index (χ0v) is 18.2. The highest BCUT2D eigenvalue weighted by molar-refractivity contribution is 7.89. The van der Waals surface area contributed by atoms with Crippen molar-refractivity contribution in [3.05, 3.63) is 53.1 Å². The lowest BCUT2D eigenvalue weighted by Gasteiger charge is -2.16. The highest BCUT2D eigenvalue weighted by Gasteiger charge is 2.23. The first kappa shape index (κ1) is 22.7. The number of nitrogens with zero attached hydrogens (tertiary/aromatic N) is 3. The molecule has 0 radical (unpaired) electrons. The van der Waals surface area contributed by atoms with Crippen LogP contribution < -0.4 is 15.1 Å². The van der Waals surface area contributed by atoms with Gasteiger partial charge in [-0.1, -0.05) is 23.7 Å². The maximum atomic E-state index is 12.6. The Morgan fingerprint density at radius 1 is 1.17 bits per heavy atom. The number of hydrazone groups is 1. The number of anilines is 1. The molecule has 0 atom stereocenters. The number of halogens is 1. The third-order valence-electron chi connectivity index (χ3n) is 4.01. The molecule has 2 rings (SSSR count). The third kappa shape index (κ3) is 5.93. The van der Waals surface area contributed by atoms with E-state index in [1.165, 1.54) is 38.6 Å². The molecule has 0 unspecified atom stereocenters. The van der Waals surface area contributed by atoms with Crippen LogP contribution in [0.25, 0.3) is 0 Å². The number of likely N-dealkylation sites (N-methyl/N-ethyl adjacent to an activating group) is 1. The lowest BCUT2D eigenvalue weighted by Crippen LogP contribution is -2.36. The van der Waals surface area contributed by atoms with Gasteiger partial charge in [-0.2, -0.15) is 9.41 Å². The van der Waals surface area contributed by atoms with Crippen molar-refractivity contribution in [2.45, 2.75) is 4.90 Å². The van der Waals surface area contributed by atoms with Crippen molar-refractivity contribution in [1.82, 2.24) is 9.73 Å². The predicted octanol–water partition coefficient (Wildman–Crippen LogP) is 2.19. The zero-order valence-electron chi connectivity index (χ0n) is 16.6. The topological polar surface area (TPSA) is 91.3 Å². The molecule has 10 heteroatoms. The number of benzene rings is 2. The fourth-order valence-electron chi connectivity index (χ4n) is 2.35. The van der Waals surface area contributed by atoms with Crippen LogP contribution in [0.15, 0.2) is 52.5 Å². The van der Waals surface area contributed by atoms with Gasteiger partial charge in [0, 0.05) is 26.8 Å². The highest BCUT2D eigenvalue weighted by atomic mass is 35.5. The van der Waals surface area contributed by atoms with E-state index >= 15 is 0 Å². The molecular formula is C19H23ClN4O4S. The molecule has 1 amide bonds. The van der Waals surface area contributed by atoms with Gasteiger partial charge < -0.3 is 9.64 Å². The summed E-state index contributed by atoms with van der Waals surface area (Å²) < 4.78 is 31.1. The first-order chi connectivity index (χ1) is 13.6. The van der Waals surface area contributed by atoms with E-state index < -0.39 is 22.5 Å². The van der Waals surface area contributed by atoms with Crippen molar-refractivity contribution in [2.24, 2.45) is 5.10 Å². The Balaban J connectivity index is 1.97. The van der Waals surface area contributed by atoms with E-state index in [-0.39, 0.29) is 9.92 Å². The zero-order chi connectivity index (χ0) is 21.6. The fraction of sp³-hybridized carbons (Fsp3) is 0.263. The van der Waals surface area contributed by atoms with Crippen molar-refractivity contribution in [2.75, 3.05) is 39.7 Å². The van der Waals surface area contributed by atoms with Crippen molar-refractivity contribution in [1.29, 1.82) is 0 Å². The van der Waals surface area contributed by atoms with E-state index in [1.807, 2.05) is 43.3 Å². The van der Waals surface area contributed by atoms with Crippen LogP contribution in [0.4, 0.5) is 5.69 Å². The molecule has 0 fully saturated rings. The number of hydrogen-bond donors (Lipinski definition) is 1. The molecular weight excluding hydrogens is 416 g/mol. The van der Waals surface area contributed by atoms with Gasteiger partial charge in [0.05, 0.1) is 29.8 Å². The largest absolute Gasteiger partial charge is 0.495 e. The number of ether oxygens (including phenoxy) is 1. The molecule has 0 saturated carbocycles. The molecule has 0 saturated heterocycles. The number of nitrogens with one attached hydrogen (secondary N) is 1. The molecule has 0 heterocycles. The molecule has 0 aromatic heterocycles. The molecule has 0 aliphatic rings. The van der Waals surface area contributed by atoms with Crippen molar-refractivity contribution >= 4 is 39.4 Å². The minimum Gasteiger partial charge on any atom is -0.495 e. The van der Waals surface area contributed by atoms with Crippen LogP contribution >= 0.6 is 11.6 Å². The smallest absolute Gasteiger partial charge is 0.255 e. The van der Waals surface area contributed by atoms with Crippen LogP contribution in [0.5, 0.6) is 5.75 Å². The number of sulfonamides is 1. The minimum atomic E-state index is -3.90. The van der Waals surface area contributed by atoms with E-state index in [2.05, 4.69) is 10.5 Å². The summed E-state index contributed by atoms with van der Waals surface area (Å²) >= 11 is 5.99. The third-order valence-corrected chi connectivity index (χ3v) is 6.10. The van der Waals surface area contributed by atoms with Crippen molar-refractivity contribution < 1.29 is 17.9 Å². The van der Waals surface area contributed by atoms with E-state index in [4.69, 9.17) is 16.3 Å². The number of carbonyl (C=O) groups is 1. The molecule has 0 spiro atoms. The maximum absolute atomic E-state index is 12.6. The van der Waals surface area contributed by atoms with Crippen molar-refractivity contribution in [3.63, 3.8) is 0 Å². The van der Waals surface area contributed by atoms with E-state index in [1.54, 1.807) is 0 Å². The van der Waals surface area contributed by atoms with Crippen LogP contribution in [-0.4, -0.2) is 59.6 Å². The van der Waals surface area contributed by atoms with Gasteiger partial charge in [0.2, 0.25) is 10.0 Å². The molecule has 2 aromatic rings. The summed E-state index contributed by atoms with van der Waals surface area (Å²) in [6, 6.07) is 11.6. The summed E-state index contributed by atoms with van der Waals surface area (Å²) in [4.78, 5) is 14.0. The SMILES string of the molecule is COc1ccc(S(=O)(=O)N(C)CC(=O)N/N=C/c2ccc(N(C)C)cc2)cc1Cl. The van der Waals surface area contributed by atoms with E-state index in [9.17, 15) is 13.2 Å². The quantitative estimate of drug-likeness (QED) is 0.504. The first-order valence-corrected chi connectivity index (χ1v) is 10.4. The molecule has 0 bridgehead atoms. The Morgan fingerprint density at radius 3 is 2.38 bits per heavy atom. The monoisotopic (exact) mass is 438 g/mol. The first-order valence-electron chi connectivity index (χ1n) is 8.54. The summed E-state index contributed by atoms with van der Waals surface area (Å²) in [5.74, 6) is -0.212. The predicted molar refractivity (Wildman–Crippen MR) is 114 cm³/mol. The fourth-order valence-corrected chi connectivity index (χ4v) is 3.82. The summed E-state index contributed by atoms with van der Waals surface area (Å²) in [5.41, 5.74) is 4.16. The van der Waals surface area contributed by atoms with Crippen LogP contribution in [0, 0.1) is 0 Å². The summed E-state index contributed by atoms with van der Waals surface area (Å²) in [6.45, 7) is -0.400. The van der Waals surface area contributed by atoms with Gasteiger partial charge in [0.1, 0.15) is 5.75 Å². The molecule has 8 nitrogen and oxygen atoms in total. The molecule has 156 valence electrons. The second-order valence-electron chi connectivity index (χ2n) is 6.34. The van der Waals surface area contributed by atoms with Crippen LogP contribution in [0.2, 0.25) is 5.02 Å². The van der Waals surface area contributed by atoms with Gasteiger partial charge >= 0.3 is 0 Å². The van der Waals surface area contributed by atoms with Crippen molar-refractivity contribution in [3.8, 4) is 5.75 Å². The summed E-state index contributed by atoms with van der Waals surface area (Å²) in [6.07, 6.45) is 1.48. The van der Waals surface area contributed by atoms with Crippen LogP contribution in [-0.2, 0) is 14.8 Å². The second-order valence-corrected chi connectivity index (χ2v) is 8.79. The molecule has 29 heavy (non-hydrogen) atoms. The summed E-state index contributed by atoms with van der Waals surface area (Å²) in [5, 5.41) is 4.03. The van der Waals surface area contributed by atoms with Crippen LogP contribution in [0.1, 0.15) is 5.56 Å². The van der Waals surface area contributed by atoms with Gasteiger partial charge in [-0.25, -0.2) is 13.8 Å². The Labute approximate surface area is 175 Å². The minimum absolute atomic E-state index is 0.0388. The molecule has 2 aromatic carbocycles. The average molecular weight is 439 g/mol. The van der Waals surface area contributed by atoms with Gasteiger partial charge in [0.25, 0.3) is 5.91 Å². The lowest BCUT2D eigenvalue weighted by molar-refractivity contribution is -0.121. The van der Waals surface area contributed by atoms with Gasteiger partial charge in [0.15, 0.2) is 0 Å². The highest BCUT2D eigenvalue weighted by Crippen LogP contribution is 2.28. The van der Waals surface area contributed by atoms with E-state index in [0.29, 0.717) is 5.75 Å². The Hall–Kier alpha value is -2.62. The normalized spacial score (nSPS) is 11.7. The number of hydrogen-bond acceptors (Lipinski definition) is 6. The average Bonchev–Trinajstić information content (AvgIpc) is 2.68. The van der Waals surface area contributed by atoms with Gasteiger partial charge in [-0.05, 0) is 35.9 Å². The van der Waals surface area contributed by atoms with Gasteiger partial charge in [-0.15, -0.1) is 0 Å². The number of methoxy groups -OCH3 is 1.